The van der Waals surface area contributed by atoms with E-state index in [-0.39, 0.29) is 11.8 Å². The molecule has 0 saturated heterocycles. The molecule has 0 aliphatic carbocycles. The lowest BCUT2D eigenvalue weighted by Crippen LogP contribution is -2.18. The fourth-order valence-corrected chi connectivity index (χ4v) is 3.77. The molecule has 3 aromatic carbocycles. The lowest BCUT2D eigenvalue weighted by molar-refractivity contribution is -0.116. The fourth-order valence-electron chi connectivity index (χ4n) is 3.35. The highest BCUT2D eigenvalue weighted by molar-refractivity contribution is 9.10. The molecule has 1 amide bonds. The molecular formula is C23H20BrNO3. The highest BCUT2D eigenvalue weighted by Gasteiger charge is 2.20. The molecule has 5 heteroatoms. The molecule has 1 N–H and O–H groups in total. The van der Waals surface area contributed by atoms with Crippen LogP contribution in [-0.4, -0.2) is 19.1 Å². The highest BCUT2D eigenvalue weighted by atomic mass is 79.9. The summed E-state index contributed by atoms with van der Waals surface area (Å²) in [6, 6.07) is 23.8. The van der Waals surface area contributed by atoms with Crippen LogP contribution in [0.4, 0.5) is 5.69 Å². The van der Waals surface area contributed by atoms with E-state index in [0.29, 0.717) is 36.8 Å². The van der Waals surface area contributed by atoms with Crippen LogP contribution in [0.15, 0.2) is 77.3 Å². The van der Waals surface area contributed by atoms with Gasteiger partial charge in [0.25, 0.3) is 0 Å². The number of benzene rings is 3. The number of hydrogen-bond donors (Lipinski definition) is 1. The molecular weight excluding hydrogens is 418 g/mol. The van der Waals surface area contributed by atoms with E-state index in [0.717, 1.165) is 15.6 Å². The molecule has 1 aliphatic rings. The van der Waals surface area contributed by atoms with Gasteiger partial charge in [-0.15, -0.1) is 0 Å². The van der Waals surface area contributed by atoms with Crippen molar-refractivity contribution in [1.82, 2.24) is 0 Å². The smallest absolute Gasteiger partial charge is 0.225 e. The Balaban J connectivity index is 1.55. The molecule has 4 rings (SSSR count). The van der Waals surface area contributed by atoms with Crippen molar-refractivity contribution in [1.29, 1.82) is 0 Å². The normalized spacial score (nSPS) is 12.6. The Morgan fingerprint density at radius 3 is 2.00 bits per heavy atom. The number of anilines is 1. The third kappa shape index (κ3) is 4.20. The Labute approximate surface area is 172 Å². The zero-order valence-corrected chi connectivity index (χ0v) is 16.8. The number of ether oxygens (including phenoxy) is 2. The van der Waals surface area contributed by atoms with Gasteiger partial charge >= 0.3 is 0 Å². The first-order valence-corrected chi connectivity index (χ1v) is 9.99. The Hall–Kier alpha value is -2.79. The second kappa shape index (κ2) is 8.48. The second-order valence-corrected chi connectivity index (χ2v) is 7.46. The molecule has 1 aliphatic heterocycles. The average molecular weight is 438 g/mol. The molecule has 142 valence electrons. The first-order chi connectivity index (χ1) is 13.7. The maximum absolute atomic E-state index is 12.9. The summed E-state index contributed by atoms with van der Waals surface area (Å²) < 4.78 is 12.0. The van der Waals surface area contributed by atoms with E-state index in [1.54, 1.807) is 6.07 Å². The van der Waals surface area contributed by atoms with Crippen molar-refractivity contribution in [3.63, 3.8) is 0 Å². The molecule has 0 radical (unpaired) electrons. The third-order valence-electron chi connectivity index (χ3n) is 4.70. The maximum atomic E-state index is 12.9. The fraction of sp³-hybridized carbons (Fsp3) is 0.174. The van der Waals surface area contributed by atoms with Crippen LogP contribution in [0.1, 0.15) is 23.5 Å². The van der Waals surface area contributed by atoms with Gasteiger partial charge in [0.1, 0.15) is 13.2 Å². The van der Waals surface area contributed by atoms with Crippen LogP contribution >= 0.6 is 15.9 Å². The van der Waals surface area contributed by atoms with Gasteiger partial charge in [0, 0.05) is 28.9 Å². The van der Waals surface area contributed by atoms with Crippen molar-refractivity contribution in [2.24, 2.45) is 0 Å². The monoisotopic (exact) mass is 437 g/mol. The largest absolute Gasteiger partial charge is 0.486 e. The molecule has 0 atom stereocenters. The minimum Gasteiger partial charge on any atom is -0.486 e. The molecule has 0 fully saturated rings. The number of halogens is 1. The molecule has 1 heterocycles. The molecule has 4 nitrogen and oxygen atoms in total. The number of amides is 1. The lowest BCUT2D eigenvalue weighted by Gasteiger charge is -2.21. The van der Waals surface area contributed by atoms with E-state index in [9.17, 15) is 4.79 Å². The SMILES string of the molecule is O=C(CC(c1ccccc1)c1ccccc1)Nc1cc2c(cc1Br)OCCO2. The zero-order chi connectivity index (χ0) is 19.3. The van der Waals surface area contributed by atoms with E-state index < -0.39 is 0 Å². The van der Waals surface area contributed by atoms with Crippen LogP contribution in [0.5, 0.6) is 11.5 Å². The Morgan fingerprint density at radius 1 is 0.893 bits per heavy atom. The van der Waals surface area contributed by atoms with E-state index in [2.05, 4.69) is 45.5 Å². The Kier molecular flexibility index (Phi) is 5.63. The summed E-state index contributed by atoms with van der Waals surface area (Å²) in [6.07, 6.45) is 0.342. The highest BCUT2D eigenvalue weighted by Crippen LogP contribution is 2.38. The topological polar surface area (TPSA) is 47.6 Å². The van der Waals surface area contributed by atoms with Crippen LogP contribution in [-0.2, 0) is 4.79 Å². The van der Waals surface area contributed by atoms with Gasteiger partial charge in [-0.1, -0.05) is 60.7 Å². The summed E-state index contributed by atoms with van der Waals surface area (Å²) in [5.74, 6) is 1.25. The summed E-state index contributed by atoms with van der Waals surface area (Å²) in [6.45, 7) is 1.03. The van der Waals surface area contributed by atoms with Gasteiger partial charge in [0.05, 0.1) is 5.69 Å². The Morgan fingerprint density at radius 2 is 1.43 bits per heavy atom. The molecule has 28 heavy (non-hydrogen) atoms. The average Bonchev–Trinajstić information content (AvgIpc) is 2.74. The number of rotatable bonds is 5. The van der Waals surface area contributed by atoms with E-state index in [1.807, 2.05) is 42.5 Å². The molecule has 0 saturated carbocycles. The van der Waals surface area contributed by atoms with Crippen molar-refractivity contribution in [2.45, 2.75) is 12.3 Å². The van der Waals surface area contributed by atoms with Crippen molar-refractivity contribution in [2.75, 3.05) is 18.5 Å². The molecule has 0 aromatic heterocycles. The Bertz CT molecular complexity index is 921. The van der Waals surface area contributed by atoms with E-state index in [1.165, 1.54) is 0 Å². The second-order valence-electron chi connectivity index (χ2n) is 6.60. The summed E-state index contributed by atoms with van der Waals surface area (Å²) in [5.41, 5.74) is 2.91. The van der Waals surface area contributed by atoms with Crippen molar-refractivity contribution in [3.05, 3.63) is 88.4 Å². The van der Waals surface area contributed by atoms with Crippen LogP contribution < -0.4 is 14.8 Å². The first-order valence-electron chi connectivity index (χ1n) is 9.19. The molecule has 0 unspecified atom stereocenters. The van der Waals surface area contributed by atoms with Crippen molar-refractivity contribution >= 4 is 27.5 Å². The first kappa shape index (κ1) is 18.6. The molecule has 0 spiro atoms. The number of nitrogens with one attached hydrogen (secondary N) is 1. The number of fused-ring (bicyclic) bond motifs is 1. The quantitative estimate of drug-likeness (QED) is 0.582. The van der Waals surface area contributed by atoms with Crippen molar-refractivity contribution < 1.29 is 14.3 Å². The van der Waals surface area contributed by atoms with Crippen LogP contribution in [0.2, 0.25) is 0 Å². The van der Waals surface area contributed by atoms with Gasteiger partial charge in [-0.2, -0.15) is 0 Å². The maximum Gasteiger partial charge on any atom is 0.225 e. The summed E-state index contributed by atoms with van der Waals surface area (Å²) in [5, 5.41) is 3.01. The predicted molar refractivity (Wildman–Crippen MR) is 113 cm³/mol. The summed E-state index contributed by atoms with van der Waals surface area (Å²) >= 11 is 3.51. The number of carbonyl (C=O) groups excluding carboxylic acids is 1. The minimum atomic E-state index is -0.0601. The predicted octanol–water partition coefficient (Wildman–Crippen LogP) is 5.38. The van der Waals surface area contributed by atoms with Gasteiger partial charge < -0.3 is 14.8 Å². The molecule has 3 aromatic rings. The summed E-state index contributed by atoms with van der Waals surface area (Å²) in [7, 11) is 0. The van der Waals surface area contributed by atoms with Gasteiger partial charge in [-0.05, 0) is 27.1 Å². The summed E-state index contributed by atoms with van der Waals surface area (Å²) in [4.78, 5) is 12.9. The third-order valence-corrected chi connectivity index (χ3v) is 5.36. The van der Waals surface area contributed by atoms with Gasteiger partial charge in [0.15, 0.2) is 11.5 Å². The van der Waals surface area contributed by atoms with E-state index >= 15 is 0 Å². The minimum absolute atomic E-state index is 0.0154. The van der Waals surface area contributed by atoms with Crippen molar-refractivity contribution in [3.8, 4) is 11.5 Å². The number of hydrogen-bond acceptors (Lipinski definition) is 3. The lowest BCUT2D eigenvalue weighted by atomic mass is 9.88. The van der Waals surface area contributed by atoms with Gasteiger partial charge in [-0.3, -0.25) is 4.79 Å². The van der Waals surface area contributed by atoms with Crippen LogP contribution in [0, 0.1) is 0 Å². The van der Waals surface area contributed by atoms with Crippen LogP contribution in [0.25, 0.3) is 0 Å². The molecule has 0 bridgehead atoms. The van der Waals surface area contributed by atoms with Gasteiger partial charge in [-0.25, -0.2) is 0 Å². The van der Waals surface area contributed by atoms with Crippen LogP contribution in [0.3, 0.4) is 0 Å². The zero-order valence-electron chi connectivity index (χ0n) is 15.2. The van der Waals surface area contributed by atoms with Gasteiger partial charge in [0.2, 0.25) is 5.91 Å². The standard InChI is InChI=1S/C23H20BrNO3/c24-19-14-21-22(28-12-11-27-21)15-20(19)25-23(26)13-18(16-7-3-1-4-8-16)17-9-5-2-6-10-17/h1-10,14-15,18H,11-13H2,(H,25,26). The van der Waals surface area contributed by atoms with E-state index in [4.69, 9.17) is 9.47 Å². The number of carbonyl (C=O) groups is 1.